The topological polar surface area (TPSA) is 35.8 Å². The zero-order valence-electron chi connectivity index (χ0n) is 11.9. The van der Waals surface area contributed by atoms with E-state index in [1.807, 2.05) is 18.2 Å². The molecule has 0 saturated heterocycles. The van der Waals surface area contributed by atoms with Crippen molar-refractivity contribution >= 4 is 23.0 Å². The van der Waals surface area contributed by atoms with Gasteiger partial charge in [-0.3, -0.25) is 0 Å². The van der Waals surface area contributed by atoms with Crippen LogP contribution >= 0.6 is 11.6 Å². The van der Waals surface area contributed by atoms with E-state index in [1.165, 1.54) is 5.56 Å². The zero-order valence-corrected chi connectivity index (χ0v) is 12.6. The van der Waals surface area contributed by atoms with Crippen molar-refractivity contribution in [1.82, 2.24) is 0 Å². The van der Waals surface area contributed by atoms with E-state index in [9.17, 15) is 0 Å². The highest BCUT2D eigenvalue weighted by Crippen LogP contribution is 2.26. The Hall–Kier alpha value is -1.98. The van der Waals surface area contributed by atoms with E-state index in [4.69, 9.17) is 16.9 Å². The second-order valence-electron chi connectivity index (χ2n) is 5.76. The van der Waals surface area contributed by atoms with Crippen LogP contribution in [-0.4, -0.2) is 0 Å². The lowest BCUT2D eigenvalue weighted by molar-refractivity contribution is 0.590. The van der Waals surface area contributed by atoms with Crippen LogP contribution in [0.4, 0.5) is 11.4 Å². The Kier molecular flexibility index (Phi) is 4.01. The van der Waals surface area contributed by atoms with Gasteiger partial charge in [-0.1, -0.05) is 44.5 Å². The number of halogens is 1. The molecule has 0 fully saturated rings. The van der Waals surface area contributed by atoms with Crippen molar-refractivity contribution in [2.45, 2.75) is 26.2 Å². The van der Waals surface area contributed by atoms with Gasteiger partial charge in [0.2, 0.25) is 0 Å². The average Bonchev–Trinajstić information content (AvgIpc) is 2.38. The summed E-state index contributed by atoms with van der Waals surface area (Å²) in [7, 11) is 0. The molecule has 0 amide bonds. The molecule has 0 aliphatic carbocycles. The molecule has 2 rings (SSSR count). The summed E-state index contributed by atoms with van der Waals surface area (Å²) in [6, 6.07) is 15.7. The first-order valence-electron chi connectivity index (χ1n) is 6.47. The maximum absolute atomic E-state index is 8.85. The van der Waals surface area contributed by atoms with Crippen LogP contribution in [0.25, 0.3) is 0 Å². The van der Waals surface area contributed by atoms with Crippen LogP contribution < -0.4 is 5.32 Å². The summed E-state index contributed by atoms with van der Waals surface area (Å²) in [5, 5.41) is 12.6. The second-order valence-corrected chi connectivity index (χ2v) is 6.17. The van der Waals surface area contributed by atoms with Gasteiger partial charge in [0.15, 0.2) is 0 Å². The predicted molar refractivity (Wildman–Crippen MR) is 84.6 cm³/mol. The van der Waals surface area contributed by atoms with E-state index in [-0.39, 0.29) is 5.41 Å². The third-order valence-electron chi connectivity index (χ3n) is 3.13. The number of nitrogens with zero attached hydrogens (tertiary/aromatic N) is 1. The van der Waals surface area contributed by atoms with Crippen molar-refractivity contribution in [2.75, 3.05) is 5.32 Å². The van der Waals surface area contributed by atoms with Crippen LogP contribution in [0.15, 0.2) is 42.5 Å². The van der Waals surface area contributed by atoms with Crippen LogP contribution in [0.5, 0.6) is 0 Å². The van der Waals surface area contributed by atoms with Crippen molar-refractivity contribution in [3.05, 3.63) is 58.6 Å². The van der Waals surface area contributed by atoms with Gasteiger partial charge in [-0.2, -0.15) is 5.26 Å². The number of nitriles is 1. The highest BCUT2D eigenvalue weighted by molar-refractivity contribution is 6.32. The molecule has 0 heterocycles. The number of nitrogens with one attached hydrogen (secondary N) is 1. The predicted octanol–water partition coefficient (Wildman–Crippen LogP) is 5.25. The first-order valence-corrected chi connectivity index (χ1v) is 6.85. The monoisotopic (exact) mass is 284 g/mol. The fourth-order valence-electron chi connectivity index (χ4n) is 1.90. The first-order chi connectivity index (χ1) is 9.40. The molecule has 20 heavy (non-hydrogen) atoms. The molecule has 102 valence electrons. The lowest BCUT2D eigenvalue weighted by Crippen LogP contribution is -2.10. The Morgan fingerprint density at radius 1 is 1.00 bits per heavy atom. The average molecular weight is 285 g/mol. The molecule has 2 nitrogen and oxygen atoms in total. The van der Waals surface area contributed by atoms with E-state index in [0.29, 0.717) is 10.6 Å². The standard InChI is InChI=1S/C17H17ClN2/c1-17(2,3)13-5-8-14(9-6-13)20-15-7-4-12(11-19)16(18)10-15/h4-10,20H,1-3H3. The fourth-order valence-corrected chi connectivity index (χ4v) is 2.13. The third kappa shape index (κ3) is 3.31. The molecule has 0 radical (unpaired) electrons. The molecule has 2 aromatic carbocycles. The highest BCUT2D eigenvalue weighted by atomic mass is 35.5. The van der Waals surface area contributed by atoms with E-state index < -0.39 is 0 Å². The number of benzene rings is 2. The number of hydrogen-bond donors (Lipinski definition) is 1. The molecular formula is C17H17ClN2. The summed E-state index contributed by atoms with van der Waals surface area (Å²) in [6.07, 6.45) is 0. The summed E-state index contributed by atoms with van der Waals surface area (Å²) in [4.78, 5) is 0. The molecule has 0 spiro atoms. The highest BCUT2D eigenvalue weighted by Gasteiger charge is 2.12. The van der Waals surface area contributed by atoms with Gasteiger partial charge in [-0.15, -0.1) is 0 Å². The number of anilines is 2. The minimum absolute atomic E-state index is 0.149. The maximum atomic E-state index is 8.85. The lowest BCUT2D eigenvalue weighted by atomic mass is 9.87. The third-order valence-corrected chi connectivity index (χ3v) is 3.44. The van der Waals surface area contributed by atoms with Gasteiger partial charge in [0.25, 0.3) is 0 Å². The maximum Gasteiger partial charge on any atom is 0.101 e. The molecular weight excluding hydrogens is 268 g/mol. The molecule has 0 aliphatic heterocycles. The molecule has 0 saturated carbocycles. The van der Waals surface area contributed by atoms with Crippen molar-refractivity contribution in [2.24, 2.45) is 0 Å². The molecule has 0 aliphatic rings. The molecule has 2 aromatic rings. The normalized spacial score (nSPS) is 10.9. The van der Waals surface area contributed by atoms with Gasteiger partial charge in [0, 0.05) is 11.4 Å². The lowest BCUT2D eigenvalue weighted by Gasteiger charge is -2.19. The first kappa shape index (κ1) is 14.4. The molecule has 0 atom stereocenters. The summed E-state index contributed by atoms with van der Waals surface area (Å²) in [5.41, 5.74) is 3.80. The van der Waals surface area contributed by atoms with Crippen LogP contribution in [0.1, 0.15) is 31.9 Å². The molecule has 3 heteroatoms. The quantitative estimate of drug-likeness (QED) is 0.817. The zero-order chi connectivity index (χ0) is 14.8. The van der Waals surface area contributed by atoms with Gasteiger partial charge >= 0.3 is 0 Å². The Morgan fingerprint density at radius 2 is 1.60 bits per heavy atom. The van der Waals surface area contributed by atoms with Gasteiger partial charge in [0.05, 0.1) is 10.6 Å². The van der Waals surface area contributed by atoms with Crippen LogP contribution in [0.2, 0.25) is 5.02 Å². The molecule has 0 aromatic heterocycles. The Bertz CT molecular complexity index is 646. The summed E-state index contributed by atoms with van der Waals surface area (Å²) < 4.78 is 0. The van der Waals surface area contributed by atoms with E-state index >= 15 is 0 Å². The smallest absolute Gasteiger partial charge is 0.101 e. The summed E-state index contributed by atoms with van der Waals surface area (Å²) in [5.74, 6) is 0. The van der Waals surface area contributed by atoms with Gasteiger partial charge in [-0.25, -0.2) is 0 Å². The summed E-state index contributed by atoms with van der Waals surface area (Å²) >= 11 is 6.02. The fraction of sp³-hybridized carbons (Fsp3) is 0.235. The van der Waals surface area contributed by atoms with Crippen LogP contribution in [0, 0.1) is 11.3 Å². The number of rotatable bonds is 2. The SMILES string of the molecule is CC(C)(C)c1ccc(Nc2ccc(C#N)c(Cl)c2)cc1. The minimum Gasteiger partial charge on any atom is -0.355 e. The Balaban J connectivity index is 2.19. The van der Waals surface area contributed by atoms with Gasteiger partial charge < -0.3 is 5.32 Å². The Morgan fingerprint density at radius 3 is 2.10 bits per heavy atom. The van der Waals surface area contributed by atoms with Crippen molar-refractivity contribution in [1.29, 1.82) is 5.26 Å². The van der Waals surface area contributed by atoms with Crippen molar-refractivity contribution < 1.29 is 0 Å². The van der Waals surface area contributed by atoms with Crippen molar-refractivity contribution in [3.8, 4) is 6.07 Å². The second kappa shape index (κ2) is 5.56. The van der Waals surface area contributed by atoms with E-state index in [1.54, 1.807) is 12.1 Å². The van der Waals surface area contributed by atoms with E-state index in [0.717, 1.165) is 11.4 Å². The van der Waals surface area contributed by atoms with Crippen molar-refractivity contribution in [3.63, 3.8) is 0 Å². The van der Waals surface area contributed by atoms with E-state index in [2.05, 4.69) is 44.3 Å². The largest absolute Gasteiger partial charge is 0.355 e. The number of hydrogen-bond acceptors (Lipinski definition) is 2. The molecule has 0 unspecified atom stereocenters. The molecule has 1 N–H and O–H groups in total. The van der Waals surface area contributed by atoms with Crippen LogP contribution in [-0.2, 0) is 5.41 Å². The summed E-state index contributed by atoms with van der Waals surface area (Å²) in [6.45, 7) is 6.57. The Labute approximate surface area is 125 Å². The molecule has 0 bridgehead atoms. The van der Waals surface area contributed by atoms with Gasteiger partial charge in [-0.05, 0) is 41.3 Å². The minimum atomic E-state index is 0.149. The van der Waals surface area contributed by atoms with Crippen LogP contribution in [0.3, 0.4) is 0 Å². The van der Waals surface area contributed by atoms with Gasteiger partial charge in [0.1, 0.15) is 6.07 Å².